The largest absolute Gasteiger partial charge is 0.369 e. The maximum atomic E-state index is 5.83. The number of aromatic nitrogens is 1. The molecule has 1 aliphatic rings. The minimum Gasteiger partial charge on any atom is -0.369 e. The minimum absolute atomic E-state index is 0.216. The molecular formula is C14H24N2OS2. The molecular weight excluding hydrogens is 276 g/mol. The van der Waals surface area contributed by atoms with Crippen molar-refractivity contribution < 1.29 is 4.74 Å². The summed E-state index contributed by atoms with van der Waals surface area (Å²) in [5.41, 5.74) is 1.25. The molecule has 3 nitrogen and oxygen atoms in total. The predicted octanol–water partition coefficient (Wildman–Crippen LogP) is 3.26. The lowest BCUT2D eigenvalue weighted by Gasteiger charge is -2.19. The van der Waals surface area contributed by atoms with Crippen molar-refractivity contribution in [1.29, 1.82) is 0 Å². The highest BCUT2D eigenvalue weighted by molar-refractivity contribution is 7.99. The molecule has 108 valence electrons. The van der Waals surface area contributed by atoms with Crippen LogP contribution in [-0.2, 0) is 17.7 Å². The Morgan fingerprint density at radius 2 is 2.32 bits per heavy atom. The lowest BCUT2D eigenvalue weighted by molar-refractivity contribution is 0.0754. The molecule has 0 radical (unpaired) electrons. The third-order valence-electron chi connectivity index (χ3n) is 3.06. The predicted molar refractivity (Wildman–Crippen MR) is 84.1 cm³/mol. The summed E-state index contributed by atoms with van der Waals surface area (Å²) < 4.78 is 5.83. The molecule has 1 unspecified atom stereocenters. The van der Waals surface area contributed by atoms with Crippen LogP contribution in [0.1, 0.15) is 42.5 Å². The van der Waals surface area contributed by atoms with E-state index in [4.69, 9.17) is 9.72 Å². The first kappa shape index (κ1) is 15.3. The highest BCUT2D eigenvalue weighted by atomic mass is 32.2. The second-order valence-electron chi connectivity index (χ2n) is 5.23. The maximum absolute atomic E-state index is 5.83. The van der Waals surface area contributed by atoms with Crippen molar-refractivity contribution >= 4 is 23.1 Å². The Morgan fingerprint density at radius 1 is 1.47 bits per heavy atom. The molecule has 1 aliphatic heterocycles. The minimum atomic E-state index is 0.216. The number of thioether (sulfide) groups is 1. The van der Waals surface area contributed by atoms with Gasteiger partial charge in [0.05, 0.1) is 12.3 Å². The van der Waals surface area contributed by atoms with Crippen molar-refractivity contribution in [3.05, 3.63) is 15.6 Å². The topological polar surface area (TPSA) is 34.1 Å². The number of hydrogen-bond acceptors (Lipinski definition) is 5. The lowest BCUT2D eigenvalue weighted by atomic mass is 10.2. The van der Waals surface area contributed by atoms with Gasteiger partial charge in [0, 0.05) is 22.9 Å². The van der Waals surface area contributed by atoms with Crippen molar-refractivity contribution in [2.75, 3.05) is 24.7 Å². The Bertz CT molecular complexity index is 387. The standard InChI is InChI=1S/C14H24N2OS2/c1-4-11-13(8-15-7-10(2)3)19-14(16-11)12-9-18-6-5-17-12/h10,12,15H,4-9H2,1-3H3. The fourth-order valence-electron chi connectivity index (χ4n) is 2.06. The van der Waals surface area contributed by atoms with E-state index in [1.165, 1.54) is 15.6 Å². The Balaban J connectivity index is 1.99. The molecule has 0 saturated carbocycles. The average molecular weight is 300 g/mol. The number of nitrogens with one attached hydrogen (secondary N) is 1. The zero-order chi connectivity index (χ0) is 13.7. The molecule has 0 bridgehead atoms. The summed E-state index contributed by atoms with van der Waals surface area (Å²) in [6, 6.07) is 0. The first-order valence-electron chi connectivity index (χ1n) is 7.09. The van der Waals surface area contributed by atoms with Crippen LogP contribution in [0.4, 0.5) is 0 Å². The zero-order valence-electron chi connectivity index (χ0n) is 12.1. The average Bonchev–Trinajstić information content (AvgIpc) is 2.83. The molecule has 1 N–H and O–H groups in total. The number of aryl methyl sites for hydroxylation is 1. The molecule has 2 rings (SSSR count). The Labute approximate surface area is 124 Å². The molecule has 1 saturated heterocycles. The van der Waals surface area contributed by atoms with E-state index in [2.05, 4.69) is 26.1 Å². The summed E-state index contributed by atoms with van der Waals surface area (Å²) in [5.74, 6) is 2.86. The normalized spacial score (nSPS) is 20.1. The van der Waals surface area contributed by atoms with Gasteiger partial charge in [-0.25, -0.2) is 4.98 Å². The fourth-order valence-corrected chi connectivity index (χ4v) is 4.19. The molecule has 5 heteroatoms. The highest BCUT2D eigenvalue weighted by Gasteiger charge is 2.21. The molecule has 19 heavy (non-hydrogen) atoms. The van der Waals surface area contributed by atoms with Gasteiger partial charge in [0.25, 0.3) is 0 Å². The molecule has 1 aromatic rings. The van der Waals surface area contributed by atoms with Gasteiger partial charge in [0.1, 0.15) is 11.1 Å². The van der Waals surface area contributed by atoms with Crippen LogP contribution in [-0.4, -0.2) is 29.6 Å². The van der Waals surface area contributed by atoms with E-state index in [0.29, 0.717) is 5.92 Å². The van der Waals surface area contributed by atoms with E-state index in [0.717, 1.165) is 37.6 Å². The van der Waals surface area contributed by atoms with Crippen LogP contribution < -0.4 is 5.32 Å². The van der Waals surface area contributed by atoms with Crippen molar-refractivity contribution in [1.82, 2.24) is 10.3 Å². The number of rotatable bonds is 6. The Hall–Kier alpha value is -0.100. The van der Waals surface area contributed by atoms with Gasteiger partial charge in [-0.3, -0.25) is 0 Å². The van der Waals surface area contributed by atoms with Gasteiger partial charge < -0.3 is 10.1 Å². The van der Waals surface area contributed by atoms with Crippen molar-refractivity contribution in [3.63, 3.8) is 0 Å². The molecule has 0 aromatic carbocycles. The molecule has 0 aliphatic carbocycles. The van der Waals surface area contributed by atoms with Crippen LogP contribution in [0.2, 0.25) is 0 Å². The smallest absolute Gasteiger partial charge is 0.123 e. The molecule has 1 aromatic heterocycles. The quantitative estimate of drug-likeness (QED) is 0.874. The summed E-state index contributed by atoms with van der Waals surface area (Å²) in [7, 11) is 0. The van der Waals surface area contributed by atoms with Crippen LogP contribution in [0.3, 0.4) is 0 Å². The number of thiazole rings is 1. The van der Waals surface area contributed by atoms with Crippen LogP contribution in [0, 0.1) is 5.92 Å². The van der Waals surface area contributed by atoms with Crippen LogP contribution in [0.15, 0.2) is 0 Å². The summed E-state index contributed by atoms with van der Waals surface area (Å²) in [6.07, 6.45) is 1.22. The molecule has 2 heterocycles. The fraction of sp³-hybridized carbons (Fsp3) is 0.786. The van der Waals surface area contributed by atoms with Crippen molar-refractivity contribution in [3.8, 4) is 0 Å². The Kier molecular flexibility index (Phi) is 6.13. The van der Waals surface area contributed by atoms with E-state index in [-0.39, 0.29) is 6.10 Å². The number of hydrogen-bond donors (Lipinski definition) is 1. The zero-order valence-corrected chi connectivity index (χ0v) is 13.7. The van der Waals surface area contributed by atoms with E-state index in [1.807, 2.05) is 23.1 Å². The summed E-state index contributed by atoms with van der Waals surface area (Å²) in [6.45, 7) is 9.52. The van der Waals surface area contributed by atoms with Crippen LogP contribution in [0.5, 0.6) is 0 Å². The van der Waals surface area contributed by atoms with E-state index in [1.54, 1.807) is 0 Å². The van der Waals surface area contributed by atoms with Crippen molar-refractivity contribution in [2.45, 2.75) is 39.8 Å². The SMILES string of the molecule is CCc1nc(C2CSCCO2)sc1CNCC(C)C. The van der Waals surface area contributed by atoms with Gasteiger partial charge in [-0.1, -0.05) is 20.8 Å². The van der Waals surface area contributed by atoms with Gasteiger partial charge in [-0.05, 0) is 18.9 Å². The van der Waals surface area contributed by atoms with Gasteiger partial charge in [-0.15, -0.1) is 11.3 Å². The van der Waals surface area contributed by atoms with E-state index >= 15 is 0 Å². The Morgan fingerprint density at radius 3 is 2.95 bits per heavy atom. The van der Waals surface area contributed by atoms with Gasteiger partial charge in [0.15, 0.2) is 0 Å². The van der Waals surface area contributed by atoms with Gasteiger partial charge >= 0.3 is 0 Å². The summed E-state index contributed by atoms with van der Waals surface area (Å²) >= 11 is 3.80. The van der Waals surface area contributed by atoms with Gasteiger partial charge in [-0.2, -0.15) is 11.8 Å². The molecule has 0 spiro atoms. The highest BCUT2D eigenvalue weighted by Crippen LogP contribution is 2.31. The monoisotopic (exact) mass is 300 g/mol. The van der Waals surface area contributed by atoms with Crippen LogP contribution >= 0.6 is 23.1 Å². The van der Waals surface area contributed by atoms with Crippen LogP contribution in [0.25, 0.3) is 0 Å². The third kappa shape index (κ3) is 4.45. The second kappa shape index (κ2) is 7.62. The van der Waals surface area contributed by atoms with Crippen molar-refractivity contribution in [2.24, 2.45) is 5.92 Å². The third-order valence-corrected chi connectivity index (χ3v) is 5.24. The molecule has 1 atom stereocenters. The maximum Gasteiger partial charge on any atom is 0.123 e. The number of ether oxygens (including phenoxy) is 1. The molecule has 1 fully saturated rings. The van der Waals surface area contributed by atoms with Gasteiger partial charge in [0.2, 0.25) is 0 Å². The molecule has 0 amide bonds. The van der Waals surface area contributed by atoms with E-state index < -0.39 is 0 Å². The summed E-state index contributed by atoms with van der Waals surface area (Å²) in [5, 5.41) is 4.69. The first-order valence-corrected chi connectivity index (χ1v) is 9.06. The summed E-state index contributed by atoms with van der Waals surface area (Å²) in [4.78, 5) is 6.18. The lowest BCUT2D eigenvalue weighted by Crippen LogP contribution is -2.18. The second-order valence-corrected chi connectivity index (χ2v) is 7.50. The first-order chi connectivity index (χ1) is 9.20. The van der Waals surface area contributed by atoms with E-state index in [9.17, 15) is 0 Å². The number of nitrogens with zero attached hydrogens (tertiary/aromatic N) is 1.